The third kappa shape index (κ3) is 5.35. The van der Waals surface area contributed by atoms with E-state index in [1.165, 1.54) is 24.5 Å². The number of rotatable bonds is 6. The Morgan fingerprint density at radius 3 is 2.52 bits per heavy atom. The molecule has 1 aliphatic rings. The van der Waals surface area contributed by atoms with Crippen molar-refractivity contribution < 1.29 is 27.5 Å². The molecule has 16 heteroatoms. The normalized spacial score (nSPS) is 14.0. The van der Waals surface area contributed by atoms with Crippen molar-refractivity contribution >= 4 is 40.5 Å². The van der Waals surface area contributed by atoms with Crippen LogP contribution in [0.5, 0.6) is 0 Å². The van der Waals surface area contributed by atoms with Gasteiger partial charge in [-0.05, 0) is 18.2 Å². The number of ether oxygens (including phenoxy) is 1. The van der Waals surface area contributed by atoms with E-state index in [1.54, 1.807) is 23.6 Å². The summed E-state index contributed by atoms with van der Waals surface area (Å²) in [6.07, 6.45) is -2.06. The molecule has 3 aromatic heterocycles. The first kappa shape index (κ1) is 27.5. The Hall–Kier alpha value is -4.08. The van der Waals surface area contributed by atoms with Gasteiger partial charge >= 0.3 is 12.1 Å². The molecule has 0 radical (unpaired) electrons. The number of benzene rings is 1. The minimum Gasteiger partial charge on any atom is -0.378 e. The van der Waals surface area contributed by atoms with E-state index in [0.717, 1.165) is 6.07 Å². The predicted molar refractivity (Wildman–Crippen MR) is 139 cm³/mol. The van der Waals surface area contributed by atoms with Crippen LogP contribution in [0.3, 0.4) is 0 Å². The average molecular weight is 578 g/mol. The number of hydrogen-bond donors (Lipinski definition) is 1. The number of fused-ring (bicyclic) bond motifs is 1. The maximum atomic E-state index is 13.6. The fourth-order valence-corrected chi connectivity index (χ4v) is 4.44. The van der Waals surface area contributed by atoms with Crippen LogP contribution in [-0.4, -0.2) is 68.8 Å². The van der Waals surface area contributed by atoms with Crippen molar-refractivity contribution in [3.05, 3.63) is 52.6 Å². The Labute approximate surface area is 230 Å². The van der Waals surface area contributed by atoms with Crippen LogP contribution in [0.2, 0.25) is 5.02 Å². The third-order valence-electron chi connectivity index (χ3n) is 6.33. The quantitative estimate of drug-likeness (QED) is 0.338. The molecule has 210 valence electrons. The Morgan fingerprint density at radius 2 is 1.88 bits per heavy atom. The second-order valence-electron chi connectivity index (χ2n) is 8.95. The molecule has 0 atom stereocenters. The van der Waals surface area contributed by atoms with E-state index < -0.39 is 22.7 Å². The first-order valence-corrected chi connectivity index (χ1v) is 12.3. The number of hydrogen-bond acceptors (Lipinski definition) is 11. The number of alkyl halides is 3. The molecule has 1 aliphatic heterocycles. The topological polar surface area (TPSA) is 137 Å². The van der Waals surface area contributed by atoms with Crippen molar-refractivity contribution in [2.24, 2.45) is 12.9 Å². The number of aryl methyl sites for hydroxylation is 1. The highest BCUT2D eigenvalue weighted by Gasteiger charge is 2.34. The number of imidazole rings is 1. The molecule has 0 spiro atoms. The van der Waals surface area contributed by atoms with Crippen molar-refractivity contribution in [2.45, 2.75) is 12.7 Å². The number of carbonyl (C=O) groups excluding carboxylic acids is 1. The summed E-state index contributed by atoms with van der Waals surface area (Å²) in [6.45, 7) is 2.22. The lowest BCUT2D eigenvalue weighted by Gasteiger charge is -2.28. The molecule has 4 heterocycles. The van der Waals surface area contributed by atoms with Gasteiger partial charge in [0.1, 0.15) is 5.82 Å². The number of halogens is 4. The van der Waals surface area contributed by atoms with E-state index >= 15 is 0 Å². The monoisotopic (exact) mass is 577 g/mol. The molecule has 2 N–H and O–H groups in total. The lowest BCUT2D eigenvalue weighted by molar-refractivity contribution is -0.137. The summed E-state index contributed by atoms with van der Waals surface area (Å²) in [4.78, 5) is 41.8. The van der Waals surface area contributed by atoms with Gasteiger partial charge < -0.3 is 23.9 Å². The molecule has 0 aliphatic carbocycles. The molecule has 0 amide bonds. The molecule has 0 unspecified atom stereocenters. The summed E-state index contributed by atoms with van der Waals surface area (Å²) >= 11 is 5.84. The summed E-state index contributed by atoms with van der Waals surface area (Å²) in [5, 5.41) is -0.410. The molecule has 1 fully saturated rings. The maximum Gasteiger partial charge on any atom is 0.417 e. The zero-order valence-corrected chi connectivity index (χ0v) is 22.1. The van der Waals surface area contributed by atoms with Gasteiger partial charge in [0.25, 0.3) is 0 Å². The van der Waals surface area contributed by atoms with Crippen molar-refractivity contribution in [1.29, 1.82) is 0 Å². The lowest BCUT2D eigenvalue weighted by atomic mass is 10.1. The number of aromatic nitrogens is 6. The Morgan fingerprint density at radius 1 is 1.18 bits per heavy atom. The van der Waals surface area contributed by atoms with Gasteiger partial charge in [-0.2, -0.15) is 19.1 Å². The van der Waals surface area contributed by atoms with Crippen LogP contribution in [0.15, 0.2) is 30.6 Å². The molecular weight excluding hydrogens is 555 g/mol. The largest absolute Gasteiger partial charge is 0.417 e. The minimum atomic E-state index is -4.64. The van der Waals surface area contributed by atoms with E-state index in [-0.39, 0.29) is 23.5 Å². The number of anilines is 2. The van der Waals surface area contributed by atoms with Crippen LogP contribution in [-0.2, 0) is 29.3 Å². The van der Waals surface area contributed by atoms with E-state index in [1.807, 2.05) is 4.90 Å². The molecule has 0 bridgehead atoms. The van der Waals surface area contributed by atoms with Gasteiger partial charge in [0.05, 0.1) is 35.9 Å². The highest BCUT2D eigenvalue weighted by atomic mass is 35.5. The van der Waals surface area contributed by atoms with Gasteiger partial charge in [0.15, 0.2) is 22.8 Å². The number of carbonyl (C=O) groups is 1. The van der Waals surface area contributed by atoms with E-state index in [2.05, 4.69) is 24.8 Å². The zero-order chi connectivity index (χ0) is 28.6. The molecule has 1 saturated heterocycles. The molecule has 4 aromatic rings. The number of nitrogens with two attached hydrogens (primary N) is 1. The van der Waals surface area contributed by atoms with Crippen LogP contribution in [0.4, 0.5) is 24.9 Å². The van der Waals surface area contributed by atoms with Gasteiger partial charge in [-0.25, -0.2) is 29.7 Å². The van der Waals surface area contributed by atoms with Crippen molar-refractivity contribution in [3.8, 4) is 11.4 Å². The Kier molecular flexibility index (Phi) is 7.44. The van der Waals surface area contributed by atoms with Crippen molar-refractivity contribution in [1.82, 2.24) is 29.5 Å². The predicted octanol–water partition coefficient (Wildman–Crippen LogP) is 3.00. The zero-order valence-electron chi connectivity index (χ0n) is 21.3. The molecule has 0 saturated carbocycles. The molecule has 1 aromatic carbocycles. The third-order valence-corrected chi connectivity index (χ3v) is 6.66. The smallest absolute Gasteiger partial charge is 0.378 e. The molecule has 40 heavy (non-hydrogen) atoms. The highest BCUT2D eigenvalue weighted by molar-refractivity contribution is 6.31. The van der Waals surface area contributed by atoms with Gasteiger partial charge in [0, 0.05) is 45.1 Å². The van der Waals surface area contributed by atoms with E-state index in [9.17, 15) is 18.0 Å². The summed E-state index contributed by atoms with van der Waals surface area (Å²) in [7, 11) is 3.49. The first-order chi connectivity index (χ1) is 19.1. The lowest BCUT2D eigenvalue weighted by Crippen LogP contribution is -2.37. The Balaban J connectivity index is 1.56. The fraction of sp³-hybridized carbons (Fsp3) is 0.333. The summed E-state index contributed by atoms with van der Waals surface area (Å²) in [6, 6.07) is 3.58. The summed E-state index contributed by atoms with van der Waals surface area (Å²) in [5.41, 5.74) is 0.207. The summed E-state index contributed by atoms with van der Waals surface area (Å²) < 4.78 is 47.9. The van der Waals surface area contributed by atoms with Gasteiger partial charge in [0.2, 0.25) is 5.95 Å². The van der Waals surface area contributed by atoms with Gasteiger partial charge in [-0.3, -0.25) is 0 Å². The second kappa shape index (κ2) is 10.8. The molecular formula is C24H23ClF3N9O3. The van der Waals surface area contributed by atoms with Crippen LogP contribution < -0.4 is 15.7 Å². The second-order valence-corrected chi connectivity index (χ2v) is 9.36. The molecule has 12 nitrogen and oxygen atoms in total. The Bertz CT molecular complexity index is 1560. The van der Waals surface area contributed by atoms with Gasteiger partial charge in [-0.1, -0.05) is 11.6 Å². The number of morpholine rings is 1. The molecule has 5 rings (SSSR count). The van der Waals surface area contributed by atoms with Crippen LogP contribution >= 0.6 is 11.6 Å². The number of nitrogens with zero attached hydrogens (tertiary/aromatic N) is 8. The standard InChI is InChI=1S/C24H23ClF3N9O3/c1-35(23-30-10-14(11-31-23)22(38)40-29)12-17-32-18-20(36(17)2)33-19(34-21(18)37-5-7-39-8-6-37)13-3-4-16(25)15(9-13)24(26,27)28/h3-4,9-11H,5-8,12,29H2,1-2H3. The van der Waals surface area contributed by atoms with E-state index in [4.69, 9.17) is 27.2 Å². The van der Waals surface area contributed by atoms with Crippen LogP contribution in [0.1, 0.15) is 21.7 Å². The fourth-order valence-electron chi connectivity index (χ4n) is 4.21. The first-order valence-electron chi connectivity index (χ1n) is 11.9. The van der Waals surface area contributed by atoms with Gasteiger partial charge in [-0.15, -0.1) is 0 Å². The summed E-state index contributed by atoms with van der Waals surface area (Å²) in [5.74, 6) is 5.60. The van der Waals surface area contributed by atoms with E-state index in [0.29, 0.717) is 55.1 Å². The average Bonchev–Trinajstić information content (AvgIpc) is 3.26. The minimum absolute atomic E-state index is 0.0937. The van der Waals surface area contributed by atoms with Crippen molar-refractivity contribution in [2.75, 3.05) is 43.2 Å². The SMILES string of the molecule is CN(Cc1nc2c(N3CCOCC3)nc(-c3ccc(Cl)c(C(F)(F)F)c3)nc2n1C)c1ncc(C(=O)ON)cn1. The van der Waals surface area contributed by atoms with Crippen LogP contribution in [0.25, 0.3) is 22.6 Å². The highest BCUT2D eigenvalue weighted by Crippen LogP contribution is 2.37. The van der Waals surface area contributed by atoms with Crippen molar-refractivity contribution in [3.63, 3.8) is 0 Å². The van der Waals surface area contributed by atoms with Crippen LogP contribution in [0, 0.1) is 0 Å². The maximum absolute atomic E-state index is 13.6.